The van der Waals surface area contributed by atoms with E-state index in [1.807, 2.05) is 19.1 Å². The molecule has 7 atom stereocenters. The first-order valence-corrected chi connectivity index (χ1v) is 13.0. The van der Waals surface area contributed by atoms with Crippen molar-refractivity contribution in [3.05, 3.63) is 79.9 Å². The molecule has 2 aromatic carbocycles. The van der Waals surface area contributed by atoms with Gasteiger partial charge in [-0.3, -0.25) is 0 Å². The van der Waals surface area contributed by atoms with E-state index in [-0.39, 0.29) is 53.5 Å². The Morgan fingerprint density at radius 3 is 1.33 bits per heavy atom. The molecule has 188 valence electrons. The normalized spacial score (nSPS) is 31.6. The fourth-order valence-electron chi connectivity index (χ4n) is 6.77. The minimum atomic E-state index is -0.388. The molecule has 0 amide bonds. The fraction of sp³-hybridized carbons (Fsp3) is 0.355. The zero-order valence-electron chi connectivity index (χ0n) is 20.9. The molecule has 4 aliphatic heterocycles. The van der Waals surface area contributed by atoms with Crippen molar-refractivity contribution in [3.8, 4) is 24.3 Å². The van der Waals surface area contributed by atoms with Crippen molar-refractivity contribution in [2.75, 3.05) is 19.8 Å². The van der Waals surface area contributed by atoms with E-state index >= 15 is 0 Å². The summed E-state index contributed by atoms with van der Waals surface area (Å²) in [6.07, 6.45) is -0.109. The molecular weight excluding hydrogens is 492 g/mol. The predicted octanol–water partition coefficient (Wildman–Crippen LogP) is 4.86. The lowest BCUT2D eigenvalue weighted by Crippen LogP contribution is -2.02. The number of ether oxygens (including phenoxy) is 4. The summed E-state index contributed by atoms with van der Waals surface area (Å²) in [6.45, 7) is 3.87. The van der Waals surface area contributed by atoms with Gasteiger partial charge in [-0.15, -0.1) is 0 Å². The molecule has 4 fully saturated rings. The molecule has 7 unspecified atom stereocenters. The van der Waals surface area contributed by atoms with Crippen LogP contribution in [-0.2, 0) is 18.9 Å². The van der Waals surface area contributed by atoms with Gasteiger partial charge in [0, 0.05) is 11.8 Å². The Morgan fingerprint density at radius 2 is 0.974 bits per heavy atom. The summed E-state index contributed by atoms with van der Waals surface area (Å²) in [4.78, 5) is 0. The van der Waals surface area contributed by atoms with Crippen molar-refractivity contribution in [1.82, 2.24) is 0 Å². The minimum absolute atomic E-state index is 0.0336. The SMILES string of the molecule is CC1OC1c1cc2c(cc1C1CO1)C(=C(C#N)C#N)C1c3cc(C4CO4)c(C4CO4)cc3C(=C(C#N)C#N)C21. The Labute approximate surface area is 224 Å². The van der Waals surface area contributed by atoms with E-state index in [1.54, 1.807) is 0 Å². The molecule has 0 N–H and O–H groups in total. The highest BCUT2D eigenvalue weighted by Crippen LogP contribution is 2.66. The summed E-state index contributed by atoms with van der Waals surface area (Å²) >= 11 is 0. The van der Waals surface area contributed by atoms with E-state index in [2.05, 4.69) is 36.4 Å². The predicted molar refractivity (Wildman–Crippen MR) is 134 cm³/mol. The lowest BCUT2D eigenvalue weighted by molar-refractivity contribution is 0.378. The number of hydrogen-bond acceptors (Lipinski definition) is 8. The molecule has 8 nitrogen and oxygen atoms in total. The standard InChI is InChI=1S/C31H20N4O4/c1-13-31(39-13)23-5-22-20(4-18(23)26-12-38-26)28(15(8-34)9-35)29-21-3-17(25-11-37-25)16(24-10-36-24)2-19(21)27(30(22)29)14(6-32)7-33/h2-5,13,24-26,29-31H,10-12H2,1H3. The lowest BCUT2D eigenvalue weighted by Gasteiger charge is -2.16. The van der Waals surface area contributed by atoms with E-state index < -0.39 is 0 Å². The third kappa shape index (κ3) is 3.22. The molecule has 0 aromatic heterocycles. The van der Waals surface area contributed by atoms with Gasteiger partial charge >= 0.3 is 0 Å². The third-order valence-electron chi connectivity index (χ3n) is 8.76. The largest absolute Gasteiger partial charge is 0.368 e. The van der Waals surface area contributed by atoms with Gasteiger partial charge < -0.3 is 18.9 Å². The maximum Gasteiger partial charge on any atom is 0.134 e. The monoisotopic (exact) mass is 512 g/mol. The molecule has 4 heterocycles. The van der Waals surface area contributed by atoms with E-state index in [4.69, 9.17) is 18.9 Å². The van der Waals surface area contributed by atoms with Gasteiger partial charge in [-0.2, -0.15) is 21.0 Å². The van der Waals surface area contributed by atoms with Crippen molar-refractivity contribution in [1.29, 1.82) is 21.0 Å². The number of nitriles is 4. The first kappa shape index (κ1) is 22.7. The van der Waals surface area contributed by atoms with Crippen molar-refractivity contribution in [2.24, 2.45) is 0 Å². The summed E-state index contributed by atoms with van der Waals surface area (Å²) < 4.78 is 22.9. The number of hydrogen-bond donors (Lipinski definition) is 0. The van der Waals surface area contributed by atoms with Gasteiger partial charge in [-0.25, -0.2) is 0 Å². The molecule has 2 aliphatic carbocycles. The first-order valence-electron chi connectivity index (χ1n) is 13.0. The molecule has 0 radical (unpaired) electrons. The second-order valence-corrected chi connectivity index (χ2v) is 10.8. The molecule has 0 saturated carbocycles. The Morgan fingerprint density at radius 1 is 0.615 bits per heavy atom. The summed E-state index contributed by atoms with van der Waals surface area (Å²) in [7, 11) is 0. The lowest BCUT2D eigenvalue weighted by atomic mass is 9.85. The summed E-state index contributed by atoms with van der Waals surface area (Å²) in [6, 6.07) is 16.8. The highest BCUT2D eigenvalue weighted by atomic mass is 16.6. The van der Waals surface area contributed by atoms with Crippen LogP contribution in [0.5, 0.6) is 0 Å². The number of benzene rings is 2. The van der Waals surface area contributed by atoms with Crippen LogP contribution in [-0.4, -0.2) is 25.9 Å². The number of epoxide rings is 4. The summed E-state index contributed by atoms with van der Waals surface area (Å²) in [5.41, 5.74) is 8.87. The number of fused-ring (bicyclic) bond motifs is 5. The molecular formula is C31H20N4O4. The molecule has 2 aromatic rings. The maximum atomic E-state index is 10.1. The van der Waals surface area contributed by atoms with Crippen molar-refractivity contribution in [2.45, 2.75) is 49.3 Å². The van der Waals surface area contributed by atoms with Crippen molar-refractivity contribution < 1.29 is 18.9 Å². The van der Waals surface area contributed by atoms with Gasteiger partial charge in [0.1, 0.15) is 59.8 Å². The van der Waals surface area contributed by atoms with Gasteiger partial charge in [-0.05, 0) is 74.7 Å². The van der Waals surface area contributed by atoms with Crippen LogP contribution >= 0.6 is 0 Å². The van der Waals surface area contributed by atoms with Crippen LogP contribution in [0.1, 0.15) is 87.7 Å². The van der Waals surface area contributed by atoms with Gasteiger partial charge in [0.05, 0.1) is 25.9 Å². The van der Waals surface area contributed by atoms with Crippen LogP contribution in [0, 0.1) is 45.3 Å². The van der Waals surface area contributed by atoms with Crippen LogP contribution < -0.4 is 0 Å². The van der Waals surface area contributed by atoms with E-state index in [9.17, 15) is 21.0 Å². The second kappa shape index (κ2) is 7.87. The molecule has 8 rings (SSSR count). The van der Waals surface area contributed by atoms with Crippen molar-refractivity contribution in [3.63, 3.8) is 0 Å². The maximum absolute atomic E-state index is 10.1. The van der Waals surface area contributed by atoms with Crippen LogP contribution in [0.4, 0.5) is 0 Å². The smallest absolute Gasteiger partial charge is 0.134 e. The third-order valence-corrected chi connectivity index (χ3v) is 8.76. The molecule has 6 aliphatic rings. The highest BCUT2D eigenvalue weighted by Gasteiger charge is 2.52. The average molecular weight is 513 g/mol. The van der Waals surface area contributed by atoms with Crippen LogP contribution in [0.2, 0.25) is 0 Å². The van der Waals surface area contributed by atoms with Crippen molar-refractivity contribution >= 4 is 11.1 Å². The fourth-order valence-corrected chi connectivity index (χ4v) is 6.77. The Hall–Kier alpha value is -4.28. The Bertz CT molecular complexity index is 1720. The molecule has 0 spiro atoms. The van der Waals surface area contributed by atoms with E-state index in [0.29, 0.717) is 31.0 Å². The molecule has 4 saturated heterocycles. The zero-order valence-corrected chi connectivity index (χ0v) is 20.9. The molecule has 39 heavy (non-hydrogen) atoms. The Balaban J connectivity index is 1.45. The van der Waals surface area contributed by atoms with Crippen LogP contribution in [0.15, 0.2) is 35.4 Å². The van der Waals surface area contributed by atoms with Gasteiger partial charge in [0.2, 0.25) is 0 Å². The topological polar surface area (TPSA) is 145 Å². The van der Waals surface area contributed by atoms with Gasteiger partial charge in [0.15, 0.2) is 0 Å². The minimum Gasteiger partial charge on any atom is -0.368 e. The number of nitrogens with zero attached hydrogens (tertiary/aromatic N) is 4. The number of rotatable bonds is 4. The summed E-state index contributed by atoms with van der Waals surface area (Å²) in [5.74, 6) is -0.773. The second-order valence-electron chi connectivity index (χ2n) is 10.8. The molecule has 8 heteroatoms. The zero-order chi connectivity index (χ0) is 26.6. The average Bonchev–Trinajstić information content (AvgIpc) is 3.78. The quantitative estimate of drug-likeness (QED) is 0.417. The number of allylic oxidation sites excluding steroid dienone is 4. The van der Waals surface area contributed by atoms with E-state index in [0.717, 1.165) is 44.5 Å². The first-order chi connectivity index (χ1) is 19.1. The molecule has 0 bridgehead atoms. The van der Waals surface area contributed by atoms with Gasteiger partial charge in [0.25, 0.3) is 0 Å². The summed E-state index contributed by atoms with van der Waals surface area (Å²) in [5, 5.41) is 40.3. The Kier molecular flexibility index (Phi) is 4.58. The van der Waals surface area contributed by atoms with Crippen LogP contribution in [0.25, 0.3) is 11.1 Å². The van der Waals surface area contributed by atoms with Gasteiger partial charge in [-0.1, -0.05) is 12.1 Å². The van der Waals surface area contributed by atoms with E-state index in [1.165, 1.54) is 0 Å². The van der Waals surface area contributed by atoms with Crippen LogP contribution in [0.3, 0.4) is 0 Å². The highest BCUT2D eigenvalue weighted by molar-refractivity contribution is 5.99.